The molecule has 0 heterocycles. The molecular formula is C18H30O4Si. The molecule has 0 unspecified atom stereocenters. The molecule has 2 rings (SSSR count). The van der Waals surface area contributed by atoms with Gasteiger partial charge in [-0.1, -0.05) is 20.8 Å². The summed E-state index contributed by atoms with van der Waals surface area (Å²) < 4.78 is 11.7. The lowest BCUT2D eigenvalue weighted by Crippen LogP contribution is -2.47. The van der Waals surface area contributed by atoms with Crippen LogP contribution in [0.3, 0.4) is 0 Å². The predicted octanol–water partition coefficient (Wildman–Crippen LogP) is 3.87. The first-order valence-electron chi connectivity index (χ1n) is 8.68. The van der Waals surface area contributed by atoms with Crippen LogP contribution >= 0.6 is 0 Å². The van der Waals surface area contributed by atoms with Gasteiger partial charge < -0.3 is 9.16 Å². The van der Waals surface area contributed by atoms with E-state index in [2.05, 4.69) is 33.9 Å². The average molecular weight is 339 g/mol. The molecule has 1 saturated carbocycles. The van der Waals surface area contributed by atoms with Gasteiger partial charge in [0.25, 0.3) is 0 Å². The molecule has 0 radical (unpaired) electrons. The summed E-state index contributed by atoms with van der Waals surface area (Å²) in [6.07, 6.45) is 3.94. The molecule has 0 N–H and O–H groups in total. The zero-order valence-corrected chi connectivity index (χ0v) is 16.3. The van der Waals surface area contributed by atoms with E-state index in [1.54, 1.807) is 6.92 Å². The topological polar surface area (TPSA) is 52.6 Å². The molecule has 130 valence electrons. The predicted molar refractivity (Wildman–Crippen MR) is 92.6 cm³/mol. The van der Waals surface area contributed by atoms with Crippen molar-refractivity contribution >= 4 is 20.1 Å². The summed E-state index contributed by atoms with van der Waals surface area (Å²) in [5.74, 6) is -0.263. The minimum Gasteiger partial charge on any atom is -0.463 e. The quantitative estimate of drug-likeness (QED) is 0.577. The molecule has 0 aliphatic heterocycles. The minimum atomic E-state index is -2.01. The summed E-state index contributed by atoms with van der Waals surface area (Å²) in [4.78, 5) is 24.8. The van der Waals surface area contributed by atoms with Gasteiger partial charge in [-0.05, 0) is 44.0 Å². The van der Waals surface area contributed by atoms with Crippen LogP contribution in [0.5, 0.6) is 0 Å². The first-order chi connectivity index (χ1) is 10.6. The molecule has 23 heavy (non-hydrogen) atoms. The van der Waals surface area contributed by atoms with Crippen LogP contribution in [0.4, 0.5) is 0 Å². The highest BCUT2D eigenvalue weighted by Gasteiger charge is 2.49. The SMILES string of the molecule is CCOC(=O)C1=C[C@H](O[Si](C)(C)C(C)(C)C)[C@@H]2C(=O)CCC[C@H]12. The molecule has 0 bridgehead atoms. The molecule has 5 heteroatoms. The number of esters is 1. The minimum absolute atomic E-state index is 0.0231. The molecule has 0 saturated heterocycles. The van der Waals surface area contributed by atoms with Crippen molar-refractivity contribution in [1.29, 1.82) is 0 Å². The summed E-state index contributed by atoms with van der Waals surface area (Å²) in [5.41, 5.74) is 0.661. The summed E-state index contributed by atoms with van der Waals surface area (Å²) >= 11 is 0. The molecule has 1 fully saturated rings. The van der Waals surface area contributed by atoms with Gasteiger partial charge in [-0.2, -0.15) is 0 Å². The van der Waals surface area contributed by atoms with Crippen LogP contribution in [0.15, 0.2) is 11.6 Å². The van der Waals surface area contributed by atoms with Gasteiger partial charge in [0, 0.05) is 17.9 Å². The lowest BCUT2D eigenvalue weighted by Gasteiger charge is -2.40. The Bertz CT molecular complexity index is 516. The van der Waals surface area contributed by atoms with Gasteiger partial charge in [0.1, 0.15) is 5.78 Å². The summed E-state index contributed by atoms with van der Waals surface area (Å²) in [7, 11) is -2.01. The second kappa shape index (κ2) is 6.52. The Morgan fingerprint density at radius 3 is 2.57 bits per heavy atom. The number of hydrogen-bond acceptors (Lipinski definition) is 4. The fourth-order valence-electron chi connectivity index (χ4n) is 3.29. The fraction of sp³-hybridized carbons (Fsp3) is 0.778. The molecule has 0 aromatic rings. The van der Waals surface area contributed by atoms with Crippen LogP contribution in [0.25, 0.3) is 0 Å². The van der Waals surface area contributed by atoms with E-state index in [1.807, 2.05) is 6.08 Å². The van der Waals surface area contributed by atoms with Gasteiger partial charge >= 0.3 is 5.97 Å². The Kier molecular flexibility index (Phi) is 5.21. The molecule has 0 aromatic carbocycles. The first-order valence-corrected chi connectivity index (χ1v) is 11.6. The van der Waals surface area contributed by atoms with E-state index in [0.717, 1.165) is 12.8 Å². The second-order valence-corrected chi connectivity index (χ2v) is 12.9. The Labute approximate surface area is 140 Å². The Hall–Kier alpha value is -0.943. The monoisotopic (exact) mass is 338 g/mol. The zero-order chi connectivity index (χ0) is 17.4. The molecule has 0 amide bonds. The molecule has 0 aromatic heterocycles. The van der Waals surface area contributed by atoms with E-state index in [0.29, 0.717) is 18.6 Å². The van der Waals surface area contributed by atoms with Crippen LogP contribution in [-0.4, -0.2) is 32.8 Å². The highest BCUT2D eigenvalue weighted by Crippen LogP contribution is 2.46. The van der Waals surface area contributed by atoms with E-state index in [4.69, 9.17) is 9.16 Å². The number of fused-ring (bicyclic) bond motifs is 1. The van der Waals surface area contributed by atoms with Gasteiger partial charge in [-0.3, -0.25) is 4.79 Å². The van der Waals surface area contributed by atoms with E-state index < -0.39 is 8.32 Å². The van der Waals surface area contributed by atoms with E-state index in [1.165, 1.54) is 0 Å². The highest BCUT2D eigenvalue weighted by atomic mass is 28.4. The maximum absolute atomic E-state index is 12.5. The van der Waals surface area contributed by atoms with Crippen molar-refractivity contribution in [3.8, 4) is 0 Å². The molecular weight excluding hydrogens is 308 g/mol. The zero-order valence-electron chi connectivity index (χ0n) is 15.3. The third-order valence-electron chi connectivity index (χ3n) is 5.59. The summed E-state index contributed by atoms with van der Waals surface area (Å²) in [6, 6.07) is 0. The number of Topliss-reactive ketones (excluding diaryl/α,β-unsaturated/α-hetero) is 1. The molecule has 3 atom stereocenters. The Morgan fingerprint density at radius 2 is 2.00 bits per heavy atom. The van der Waals surface area contributed by atoms with Crippen molar-refractivity contribution in [2.45, 2.75) is 71.2 Å². The van der Waals surface area contributed by atoms with Crippen LogP contribution in [0.2, 0.25) is 18.1 Å². The van der Waals surface area contributed by atoms with Crippen molar-refractivity contribution < 1.29 is 18.8 Å². The number of carbonyl (C=O) groups is 2. The summed E-state index contributed by atoms with van der Waals surface area (Å²) in [6.45, 7) is 13.1. The number of hydrogen-bond donors (Lipinski definition) is 0. The third kappa shape index (κ3) is 3.61. The Morgan fingerprint density at radius 1 is 1.35 bits per heavy atom. The van der Waals surface area contributed by atoms with Crippen LogP contribution in [0, 0.1) is 11.8 Å². The number of rotatable bonds is 4. The summed E-state index contributed by atoms with van der Waals surface area (Å²) in [5, 5.41) is 0.0702. The molecule has 4 nitrogen and oxygen atoms in total. The van der Waals surface area contributed by atoms with E-state index in [9.17, 15) is 9.59 Å². The lowest BCUT2D eigenvalue weighted by molar-refractivity contribution is -0.139. The van der Waals surface area contributed by atoms with Crippen molar-refractivity contribution in [1.82, 2.24) is 0 Å². The second-order valence-electron chi connectivity index (χ2n) is 8.18. The maximum Gasteiger partial charge on any atom is 0.334 e. The average Bonchev–Trinajstić information content (AvgIpc) is 2.77. The normalized spacial score (nSPS) is 28.3. The Balaban J connectivity index is 2.29. The van der Waals surface area contributed by atoms with Crippen molar-refractivity contribution in [2.75, 3.05) is 6.61 Å². The smallest absolute Gasteiger partial charge is 0.334 e. The first kappa shape index (κ1) is 18.4. The molecule has 2 aliphatic rings. The van der Waals surface area contributed by atoms with E-state index in [-0.39, 0.29) is 34.7 Å². The van der Waals surface area contributed by atoms with E-state index >= 15 is 0 Å². The highest BCUT2D eigenvalue weighted by molar-refractivity contribution is 6.74. The third-order valence-corrected chi connectivity index (χ3v) is 10.1. The van der Waals surface area contributed by atoms with Crippen LogP contribution < -0.4 is 0 Å². The van der Waals surface area contributed by atoms with Gasteiger partial charge in [-0.15, -0.1) is 0 Å². The van der Waals surface area contributed by atoms with Gasteiger partial charge in [0.05, 0.1) is 18.6 Å². The van der Waals surface area contributed by atoms with Crippen LogP contribution in [-0.2, 0) is 18.8 Å². The maximum atomic E-state index is 12.5. The number of ketones is 1. The number of carbonyl (C=O) groups excluding carboxylic acids is 2. The van der Waals surface area contributed by atoms with Gasteiger partial charge in [-0.25, -0.2) is 4.79 Å². The van der Waals surface area contributed by atoms with Crippen molar-refractivity contribution in [3.05, 3.63) is 11.6 Å². The molecule has 2 aliphatic carbocycles. The number of ether oxygens (including phenoxy) is 1. The van der Waals surface area contributed by atoms with Crippen molar-refractivity contribution in [3.63, 3.8) is 0 Å². The van der Waals surface area contributed by atoms with Crippen molar-refractivity contribution in [2.24, 2.45) is 11.8 Å². The fourth-order valence-corrected chi connectivity index (χ4v) is 4.54. The van der Waals surface area contributed by atoms with Gasteiger partial charge in [0.15, 0.2) is 8.32 Å². The van der Waals surface area contributed by atoms with Gasteiger partial charge in [0.2, 0.25) is 0 Å². The standard InChI is InChI=1S/C18H30O4Si/c1-7-21-17(20)13-11-15(22-23(5,6)18(2,3)4)16-12(13)9-8-10-14(16)19/h11-12,15-16H,7-10H2,1-6H3/t12-,15+,16+/m1/s1. The molecule has 0 spiro atoms. The lowest BCUT2D eigenvalue weighted by atomic mass is 9.77. The largest absolute Gasteiger partial charge is 0.463 e. The van der Waals surface area contributed by atoms with Crippen LogP contribution in [0.1, 0.15) is 47.0 Å².